The van der Waals surface area contributed by atoms with Gasteiger partial charge in [0.05, 0.1) is 5.92 Å². The van der Waals surface area contributed by atoms with Gasteiger partial charge in [-0.05, 0) is 32.1 Å². The molecule has 0 bridgehead atoms. The lowest BCUT2D eigenvalue weighted by atomic mass is 9.98. The molecule has 0 aromatic heterocycles. The largest absolute Gasteiger partial charge is 0.481 e. The average molecular weight is 254 g/mol. The van der Waals surface area contributed by atoms with E-state index in [0.717, 1.165) is 32.2 Å². The summed E-state index contributed by atoms with van der Waals surface area (Å²) in [7, 11) is 0. The van der Waals surface area contributed by atoms with Gasteiger partial charge >= 0.3 is 12.0 Å². The third kappa shape index (κ3) is 2.94. The van der Waals surface area contributed by atoms with Crippen molar-refractivity contribution in [1.82, 2.24) is 9.80 Å². The Bertz CT molecular complexity index is 328. The van der Waals surface area contributed by atoms with Crippen molar-refractivity contribution in [2.75, 3.05) is 19.6 Å². The quantitative estimate of drug-likeness (QED) is 0.831. The zero-order valence-corrected chi connectivity index (χ0v) is 11.0. The third-order valence-corrected chi connectivity index (χ3v) is 3.74. The number of rotatable bonds is 4. The lowest BCUT2D eigenvalue weighted by Gasteiger charge is -2.35. The normalized spacial score (nSPS) is 23.8. The third-order valence-electron chi connectivity index (χ3n) is 3.74. The molecule has 1 heterocycles. The van der Waals surface area contributed by atoms with Gasteiger partial charge in [0.2, 0.25) is 0 Å². The van der Waals surface area contributed by atoms with E-state index in [1.54, 1.807) is 4.90 Å². The number of carboxylic acids is 1. The van der Waals surface area contributed by atoms with Crippen LogP contribution in [0.15, 0.2) is 0 Å². The molecule has 2 fully saturated rings. The van der Waals surface area contributed by atoms with E-state index >= 15 is 0 Å². The first-order chi connectivity index (χ1) is 8.63. The highest BCUT2D eigenvalue weighted by molar-refractivity contribution is 5.77. The molecule has 1 aliphatic heterocycles. The summed E-state index contributed by atoms with van der Waals surface area (Å²) < 4.78 is 0. The van der Waals surface area contributed by atoms with Gasteiger partial charge < -0.3 is 14.9 Å². The summed E-state index contributed by atoms with van der Waals surface area (Å²) in [6.07, 6.45) is 4.64. The molecule has 0 spiro atoms. The molecule has 1 aliphatic carbocycles. The van der Waals surface area contributed by atoms with Crippen molar-refractivity contribution in [2.45, 2.75) is 45.1 Å². The molecule has 2 aliphatic rings. The molecule has 1 saturated carbocycles. The number of piperidine rings is 1. The van der Waals surface area contributed by atoms with Crippen molar-refractivity contribution in [3.63, 3.8) is 0 Å². The average Bonchev–Trinajstić information content (AvgIpc) is 3.19. The number of carbonyl (C=O) groups is 2. The molecule has 102 valence electrons. The zero-order valence-electron chi connectivity index (χ0n) is 11.0. The highest BCUT2D eigenvalue weighted by Gasteiger charge is 2.36. The van der Waals surface area contributed by atoms with Crippen molar-refractivity contribution in [3.8, 4) is 0 Å². The smallest absolute Gasteiger partial charge is 0.320 e. The molecule has 1 unspecified atom stereocenters. The van der Waals surface area contributed by atoms with E-state index in [9.17, 15) is 9.59 Å². The van der Waals surface area contributed by atoms with Gasteiger partial charge in [0.25, 0.3) is 0 Å². The van der Waals surface area contributed by atoms with E-state index < -0.39 is 5.97 Å². The molecule has 1 saturated heterocycles. The van der Waals surface area contributed by atoms with Gasteiger partial charge in [0.15, 0.2) is 0 Å². The minimum absolute atomic E-state index is 0.0466. The number of urea groups is 1. The summed E-state index contributed by atoms with van der Waals surface area (Å²) in [5.74, 6) is -1.16. The number of nitrogens with zero attached hydrogens (tertiary/aromatic N) is 2. The number of carboxylic acid groups (broad SMARTS) is 1. The first-order valence-corrected chi connectivity index (χ1v) is 6.91. The Morgan fingerprint density at radius 1 is 1.33 bits per heavy atom. The van der Waals surface area contributed by atoms with Crippen molar-refractivity contribution < 1.29 is 14.7 Å². The van der Waals surface area contributed by atoms with E-state index in [2.05, 4.69) is 6.92 Å². The van der Waals surface area contributed by atoms with Gasteiger partial charge in [-0.1, -0.05) is 6.92 Å². The summed E-state index contributed by atoms with van der Waals surface area (Å²) in [5.41, 5.74) is 0. The zero-order chi connectivity index (χ0) is 13.1. The highest BCUT2D eigenvalue weighted by atomic mass is 16.4. The maximum absolute atomic E-state index is 12.4. The molecule has 2 rings (SSSR count). The lowest BCUT2D eigenvalue weighted by molar-refractivity contribution is -0.143. The molecule has 0 aromatic rings. The number of aliphatic carboxylic acids is 1. The van der Waals surface area contributed by atoms with Crippen LogP contribution in [0, 0.1) is 5.92 Å². The molecule has 5 nitrogen and oxygen atoms in total. The van der Waals surface area contributed by atoms with Gasteiger partial charge in [-0.2, -0.15) is 0 Å². The molecule has 1 atom stereocenters. The second-order valence-electron chi connectivity index (χ2n) is 5.33. The van der Waals surface area contributed by atoms with Crippen LogP contribution in [0.5, 0.6) is 0 Å². The van der Waals surface area contributed by atoms with Crippen LogP contribution in [-0.4, -0.2) is 52.6 Å². The van der Waals surface area contributed by atoms with Gasteiger partial charge in [0.1, 0.15) is 0 Å². The van der Waals surface area contributed by atoms with Crippen LogP contribution in [0.4, 0.5) is 4.79 Å². The van der Waals surface area contributed by atoms with Crippen molar-refractivity contribution in [2.24, 2.45) is 5.92 Å². The summed E-state index contributed by atoms with van der Waals surface area (Å²) in [6.45, 7) is 3.94. The fraction of sp³-hybridized carbons (Fsp3) is 0.846. The Balaban J connectivity index is 1.96. The van der Waals surface area contributed by atoms with E-state index in [4.69, 9.17) is 5.11 Å². The van der Waals surface area contributed by atoms with Crippen LogP contribution < -0.4 is 0 Å². The first-order valence-electron chi connectivity index (χ1n) is 6.91. The molecule has 5 heteroatoms. The number of amides is 2. The molecule has 2 amide bonds. The Hall–Kier alpha value is -1.26. The summed E-state index contributed by atoms with van der Waals surface area (Å²) in [4.78, 5) is 27.1. The molecular weight excluding hydrogens is 232 g/mol. The summed E-state index contributed by atoms with van der Waals surface area (Å²) in [6, 6.07) is 0.452. The van der Waals surface area contributed by atoms with E-state index in [1.807, 2.05) is 4.90 Å². The fourth-order valence-electron chi connectivity index (χ4n) is 2.60. The second-order valence-corrected chi connectivity index (χ2v) is 5.33. The Labute approximate surface area is 108 Å². The minimum Gasteiger partial charge on any atom is -0.481 e. The molecular formula is C13H22N2O3. The van der Waals surface area contributed by atoms with E-state index in [1.165, 1.54) is 0 Å². The fourth-order valence-corrected chi connectivity index (χ4v) is 2.60. The summed E-state index contributed by atoms with van der Waals surface area (Å²) in [5, 5.41) is 9.05. The van der Waals surface area contributed by atoms with Crippen LogP contribution in [0.1, 0.15) is 39.0 Å². The van der Waals surface area contributed by atoms with Gasteiger partial charge in [-0.25, -0.2) is 4.79 Å². The van der Waals surface area contributed by atoms with Crippen molar-refractivity contribution in [1.29, 1.82) is 0 Å². The van der Waals surface area contributed by atoms with Crippen LogP contribution in [0.2, 0.25) is 0 Å². The van der Waals surface area contributed by atoms with E-state index in [0.29, 0.717) is 25.6 Å². The highest BCUT2D eigenvalue weighted by Crippen LogP contribution is 2.29. The van der Waals surface area contributed by atoms with Crippen LogP contribution in [0.25, 0.3) is 0 Å². The number of carbonyl (C=O) groups excluding carboxylic acids is 1. The Kier molecular flexibility index (Phi) is 4.09. The second kappa shape index (κ2) is 5.59. The van der Waals surface area contributed by atoms with Crippen molar-refractivity contribution >= 4 is 12.0 Å². The van der Waals surface area contributed by atoms with Gasteiger partial charge in [-0.3, -0.25) is 4.79 Å². The number of likely N-dealkylation sites (tertiary alicyclic amines) is 1. The maximum atomic E-state index is 12.4. The van der Waals surface area contributed by atoms with Gasteiger partial charge in [-0.15, -0.1) is 0 Å². The Morgan fingerprint density at radius 3 is 2.61 bits per heavy atom. The molecule has 0 aromatic carbocycles. The topological polar surface area (TPSA) is 60.9 Å². The molecule has 18 heavy (non-hydrogen) atoms. The maximum Gasteiger partial charge on any atom is 0.320 e. The van der Waals surface area contributed by atoms with Crippen molar-refractivity contribution in [3.05, 3.63) is 0 Å². The monoisotopic (exact) mass is 254 g/mol. The predicted molar refractivity (Wildman–Crippen MR) is 67.3 cm³/mol. The lowest BCUT2D eigenvalue weighted by Crippen LogP contribution is -2.49. The summed E-state index contributed by atoms with van der Waals surface area (Å²) >= 11 is 0. The number of hydrogen-bond donors (Lipinski definition) is 1. The SMILES string of the molecule is CCCN(C(=O)N1CCCC(C(=O)O)C1)C1CC1. The number of hydrogen-bond acceptors (Lipinski definition) is 2. The van der Waals surface area contributed by atoms with Crippen LogP contribution in [-0.2, 0) is 4.79 Å². The van der Waals surface area contributed by atoms with E-state index in [-0.39, 0.29) is 11.9 Å². The molecule has 1 N–H and O–H groups in total. The van der Waals surface area contributed by atoms with Gasteiger partial charge in [0, 0.05) is 25.7 Å². The minimum atomic E-state index is -0.777. The van der Waals surface area contributed by atoms with Crippen LogP contribution in [0.3, 0.4) is 0 Å². The first kappa shape index (κ1) is 13.2. The standard InChI is InChI=1S/C13H22N2O3/c1-2-7-15(11-5-6-11)13(18)14-8-3-4-10(9-14)12(16)17/h10-11H,2-9H2,1H3,(H,16,17). The van der Waals surface area contributed by atoms with Crippen LogP contribution >= 0.6 is 0 Å². The molecule has 0 radical (unpaired) electrons. The predicted octanol–water partition coefficient (Wildman–Crippen LogP) is 1.78. The Morgan fingerprint density at radius 2 is 2.06 bits per heavy atom.